The Labute approximate surface area is 388 Å². The van der Waals surface area contributed by atoms with Crippen molar-refractivity contribution < 1.29 is 4.42 Å². The maximum atomic E-state index is 6.33. The molecule has 0 aliphatic heterocycles. The van der Waals surface area contributed by atoms with Crippen molar-refractivity contribution in [3.05, 3.63) is 255 Å². The second-order valence-electron chi connectivity index (χ2n) is 17.2. The fraction of sp³-hybridized carbons (Fsp3) is 0. The Morgan fingerprint density at radius 2 is 0.910 bits per heavy atom. The van der Waals surface area contributed by atoms with E-state index >= 15 is 0 Å². The number of hydrogen-bond donors (Lipinski definition) is 0. The van der Waals surface area contributed by atoms with Crippen molar-refractivity contribution in [1.82, 2.24) is 4.57 Å². The third-order valence-electron chi connectivity index (χ3n) is 13.4. The molecule has 314 valence electrons. The van der Waals surface area contributed by atoms with E-state index in [1.54, 1.807) is 0 Å². The number of para-hydroxylation sites is 4. The van der Waals surface area contributed by atoms with E-state index < -0.39 is 0 Å². The van der Waals surface area contributed by atoms with Gasteiger partial charge < -0.3 is 13.9 Å². The Kier molecular flexibility index (Phi) is 9.17. The van der Waals surface area contributed by atoms with Gasteiger partial charge in [0.15, 0.2) is 0 Å². The van der Waals surface area contributed by atoms with E-state index in [2.05, 4.69) is 252 Å². The highest BCUT2D eigenvalue weighted by molar-refractivity contribution is 6.16. The van der Waals surface area contributed by atoms with Crippen LogP contribution in [0.2, 0.25) is 0 Å². The van der Waals surface area contributed by atoms with E-state index in [0.717, 1.165) is 66.9 Å². The Morgan fingerprint density at radius 1 is 0.313 bits per heavy atom. The monoisotopic (exact) mass is 854 g/mol. The van der Waals surface area contributed by atoms with Gasteiger partial charge in [-0.25, -0.2) is 0 Å². The number of aromatic nitrogens is 1. The van der Waals surface area contributed by atoms with Gasteiger partial charge in [-0.05, 0) is 123 Å². The molecule has 11 aromatic carbocycles. The summed E-state index contributed by atoms with van der Waals surface area (Å²) in [5.74, 6) is 0. The van der Waals surface area contributed by atoms with E-state index in [1.165, 1.54) is 54.8 Å². The van der Waals surface area contributed by atoms with Crippen molar-refractivity contribution in [2.45, 2.75) is 0 Å². The fourth-order valence-electron chi connectivity index (χ4n) is 10.4. The van der Waals surface area contributed by atoms with E-state index in [-0.39, 0.29) is 0 Å². The lowest BCUT2D eigenvalue weighted by Gasteiger charge is -2.29. The van der Waals surface area contributed by atoms with Gasteiger partial charge in [0.25, 0.3) is 0 Å². The molecular formula is C64H42N2O. The highest BCUT2D eigenvalue weighted by atomic mass is 16.3. The molecule has 0 radical (unpaired) electrons. The topological polar surface area (TPSA) is 21.3 Å². The summed E-state index contributed by atoms with van der Waals surface area (Å²) in [7, 11) is 0. The molecule has 3 heteroatoms. The summed E-state index contributed by atoms with van der Waals surface area (Å²) in [6.45, 7) is 0. The zero-order valence-electron chi connectivity index (χ0n) is 36.6. The zero-order chi connectivity index (χ0) is 44.3. The minimum atomic E-state index is 0.891. The van der Waals surface area contributed by atoms with Crippen LogP contribution in [0.15, 0.2) is 259 Å². The van der Waals surface area contributed by atoms with Gasteiger partial charge in [0.1, 0.15) is 11.2 Å². The third kappa shape index (κ3) is 6.51. The van der Waals surface area contributed by atoms with E-state index in [9.17, 15) is 0 Å². The van der Waals surface area contributed by atoms with Gasteiger partial charge in [0.05, 0.1) is 16.7 Å². The summed E-state index contributed by atoms with van der Waals surface area (Å²) >= 11 is 0. The van der Waals surface area contributed by atoms with Gasteiger partial charge >= 0.3 is 0 Å². The van der Waals surface area contributed by atoms with Crippen molar-refractivity contribution in [2.75, 3.05) is 4.90 Å². The normalized spacial score (nSPS) is 11.6. The molecule has 0 amide bonds. The van der Waals surface area contributed by atoms with Crippen LogP contribution in [-0.2, 0) is 0 Å². The average molecular weight is 855 g/mol. The number of benzene rings is 11. The van der Waals surface area contributed by atoms with Crippen molar-refractivity contribution in [1.29, 1.82) is 0 Å². The standard InChI is InChI=1S/C64H42N2O/c1-3-17-44(18-4-1)51-28-14-19-45-20-15-30-56(63(45)51)53-25-7-10-31-58(53)65(49-38-35-43(36-39-49)46-37-40-55-54-26-9-12-34-61(54)67-62(55)42-46)50-24-13-21-47(41-50)52-29-16-33-60-64(52)57-27-8-11-32-59(57)66(60)48-22-5-2-6-23-48/h1-42H. The lowest BCUT2D eigenvalue weighted by molar-refractivity contribution is 0.669. The lowest BCUT2D eigenvalue weighted by atomic mass is 9.90. The van der Waals surface area contributed by atoms with E-state index in [0.29, 0.717) is 0 Å². The minimum absolute atomic E-state index is 0.891. The molecule has 3 nitrogen and oxygen atoms in total. The van der Waals surface area contributed by atoms with Gasteiger partial charge in [0, 0.05) is 44.2 Å². The Balaban J connectivity index is 1.00. The van der Waals surface area contributed by atoms with Crippen molar-refractivity contribution in [3.8, 4) is 50.2 Å². The van der Waals surface area contributed by atoms with Crippen LogP contribution in [0.1, 0.15) is 0 Å². The molecule has 2 aromatic heterocycles. The van der Waals surface area contributed by atoms with Crippen molar-refractivity contribution in [3.63, 3.8) is 0 Å². The smallest absolute Gasteiger partial charge is 0.136 e. The van der Waals surface area contributed by atoms with Crippen LogP contribution in [0, 0.1) is 0 Å². The molecule has 13 aromatic rings. The molecule has 0 bridgehead atoms. The van der Waals surface area contributed by atoms with Crippen LogP contribution in [0.5, 0.6) is 0 Å². The van der Waals surface area contributed by atoms with Crippen LogP contribution in [0.3, 0.4) is 0 Å². The SMILES string of the molecule is c1ccc(-c2cccc3cccc(-c4ccccc4N(c4ccc(-c5ccc6c(c5)oc5ccccc56)cc4)c4cccc(-c5cccc6c5c5ccccc5n6-c5ccccc5)c4)c23)cc1. The Hall–Kier alpha value is -8.92. The maximum absolute atomic E-state index is 6.33. The summed E-state index contributed by atoms with van der Waals surface area (Å²) in [6.07, 6.45) is 0. The van der Waals surface area contributed by atoms with Crippen LogP contribution in [-0.4, -0.2) is 4.57 Å². The average Bonchev–Trinajstić information content (AvgIpc) is 3.95. The number of rotatable bonds is 8. The number of furan rings is 1. The van der Waals surface area contributed by atoms with Crippen LogP contribution in [0.4, 0.5) is 17.1 Å². The first-order valence-corrected chi connectivity index (χ1v) is 22.9. The molecule has 0 N–H and O–H groups in total. The molecule has 2 heterocycles. The predicted molar refractivity (Wildman–Crippen MR) is 282 cm³/mol. The number of hydrogen-bond acceptors (Lipinski definition) is 2. The molecule has 0 fully saturated rings. The van der Waals surface area contributed by atoms with Gasteiger partial charge in [-0.2, -0.15) is 0 Å². The highest BCUT2D eigenvalue weighted by Gasteiger charge is 2.22. The molecule has 13 rings (SSSR count). The lowest BCUT2D eigenvalue weighted by Crippen LogP contribution is -2.11. The van der Waals surface area contributed by atoms with Crippen molar-refractivity contribution in [2.24, 2.45) is 0 Å². The molecule has 0 aliphatic rings. The molecule has 0 aliphatic carbocycles. The number of anilines is 3. The highest BCUT2D eigenvalue weighted by Crippen LogP contribution is 2.47. The molecule has 0 saturated heterocycles. The largest absolute Gasteiger partial charge is 0.456 e. The van der Waals surface area contributed by atoms with Crippen LogP contribution in [0.25, 0.3) is 105 Å². The molecule has 0 spiro atoms. The molecule has 0 atom stereocenters. The fourth-order valence-corrected chi connectivity index (χ4v) is 10.4. The summed E-state index contributed by atoms with van der Waals surface area (Å²) in [6, 6.07) is 92.0. The molecule has 67 heavy (non-hydrogen) atoms. The summed E-state index contributed by atoms with van der Waals surface area (Å²) in [5.41, 5.74) is 17.8. The van der Waals surface area contributed by atoms with Gasteiger partial charge in [-0.15, -0.1) is 0 Å². The first kappa shape index (κ1) is 38.5. The second kappa shape index (κ2) is 16.0. The Morgan fingerprint density at radius 3 is 1.75 bits per heavy atom. The third-order valence-corrected chi connectivity index (χ3v) is 13.4. The van der Waals surface area contributed by atoms with Crippen LogP contribution < -0.4 is 4.90 Å². The van der Waals surface area contributed by atoms with E-state index in [4.69, 9.17) is 4.42 Å². The Bertz CT molecular complexity index is 3970. The van der Waals surface area contributed by atoms with Crippen LogP contribution >= 0.6 is 0 Å². The van der Waals surface area contributed by atoms with Gasteiger partial charge in [-0.3, -0.25) is 0 Å². The molecule has 0 saturated carbocycles. The first-order valence-electron chi connectivity index (χ1n) is 22.9. The van der Waals surface area contributed by atoms with Gasteiger partial charge in [-0.1, -0.05) is 182 Å². The summed E-state index contributed by atoms with van der Waals surface area (Å²) in [5, 5.41) is 7.16. The number of fused-ring (bicyclic) bond motifs is 7. The predicted octanol–water partition coefficient (Wildman–Crippen LogP) is 18.0. The molecule has 0 unspecified atom stereocenters. The maximum Gasteiger partial charge on any atom is 0.136 e. The first-order chi connectivity index (χ1) is 33.2. The minimum Gasteiger partial charge on any atom is -0.456 e. The second-order valence-corrected chi connectivity index (χ2v) is 17.2. The molecular weight excluding hydrogens is 813 g/mol. The zero-order valence-corrected chi connectivity index (χ0v) is 36.6. The summed E-state index contributed by atoms with van der Waals surface area (Å²) < 4.78 is 8.72. The summed E-state index contributed by atoms with van der Waals surface area (Å²) in [4.78, 5) is 2.43. The quantitative estimate of drug-likeness (QED) is 0.152. The van der Waals surface area contributed by atoms with Crippen molar-refractivity contribution >= 4 is 71.6 Å². The van der Waals surface area contributed by atoms with E-state index in [1.807, 2.05) is 12.1 Å². The van der Waals surface area contributed by atoms with Gasteiger partial charge in [0.2, 0.25) is 0 Å². The number of nitrogens with zero attached hydrogens (tertiary/aromatic N) is 2.